The van der Waals surface area contributed by atoms with Gasteiger partial charge in [-0.1, -0.05) is 293 Å². The second-order valence-corrected chi connectivity index (χ2v) is 47.1. The summed E-state index contributed by atoms with van der Waals surface area (Å²) in [6.07, 6.45) is 0. The van der Waals surface area contributed by atoms with Gasteiger partial charge in [-0.05, 0) is 237 Å². The number of hydrogen-bond donors (Lipinski definition) is 0. The van der Waals surface area contributed by atoms with Crippen LogP contribution in [0.1, 0.15) is 122 Å². The third kappa shape index (κ3) is 14.7. The van der Waals surface area contributed by atoms with Crippen molar-refractivity contribution in [3.63, 3.8) is 0 Å². The molecule has 670 valence electrons. The van der Waals surface area contributed by atoms with Crippen LogP contribution in [0.4, 0.5) is 0 Å². The Bertz CT molecular complexity index is 8160. The van der Waals surface area contributed by atoms with Crippen LogP contribution in [0, 0.1) is 20.8 Å². The number of halogens is 1. The van der Waals surface area contributed by atoms with Gasteiger partial charge in [0.15, 0.2) is 0 Å². The van der Waals surface area contributed by atoms with Crippen molar-refractivity contribution in [2.45, 2.75) is 126 Å². The average Bonchev–Trinajstić information content (AvgIpc) is 1.49. The molecule has 0 saturated carbocycles. The third-order valence-electron chi connectivity index (χ3n) is 27.1. The average molecular weight is 1880 g/mol. The first-order valence-corrected chi connectivity index (χ1v) is 51.3. The molecule has 3 aliphatic rings. The highest BCUT2D eigenvalue weighted by Gasteiger charge is 2.45. The molecule has 16 heteroatoms. The molecular weight excluding hydrogens is 1780 g/mol. The molecular formula is C118H107BrN3O9P3. The Morgan fingerprint density at radius 2 is 0.537 bits per heavy atom. The Morgan fingerprint density at radius 3 is 0.873 bits per heavy atom. The summed E-state index contributed by atoms with van der Waals surface area (Å²) < 4.78 is 92.0. The van der Waals surface area contributed by atoms with Crippen LogP contribution < -0.4 is 59.6 Å². The Labute approximate surface area is 792 Å². The zero-order valence-electron chi connectivity index (χ0n) is 78.8. The van der Waals surface area contributed by atoms with Crippen molar-refractivity contribution >= 4 is 135 Å². The number of hydrogen-bond acceptors (Lipinski definition) is 9. The topological polar surface area (TPSA) is 121 Å². The van der Waals surface area contributed by atoms with Gasteiger partial charge in [0, 0.05) is 70.5 Å². The van der Waals surface area contributed by atoms with Gasteiger partial charge < -0.3 is 41.5 Å². The van der Waals surface area contributed by atoms with E-state index in [0.29, 0.717) is 66.3 Å². The van der Waals surface area contributed by atoms with Crippen LogP contribution in [0.5, 0.6) is 34.5 Å². The number of nitrogens with zero attached hydrogens (tertiary/aromatic N) is 3. The smallest absolute Gasteiger partial charge is 0.307 e. The summed E-state index contributed by atoms with van der Waals surface area (Å²) in [5, 5.41) is 10.3. The molecule has 22 rings (SSSR count). The standard InChI is InChI=1S/C46H44NO3P.C36H31BrNO3P.C36H32NO3P/c1-29-42(51(48)41-16-12-10-14-36(41)35-13-9-11-15-39(35)50-51)28-40(49-8)44-43(29)37-27-31(30-17-20-32(21-18-30)45(2,3)4)19-26-38(37)47(44)34-24-22-33(23-25-34)46(5,6)7;1-22-33(42(39)32-13-9-7-11-27(32)26-10-6-8-12-30(26)41-42)21-31(40-5)35-34(22)28-20-24(37)16-19-29(28)38(35)25-17-14-23(15-18-25)36(2,3)4;1-23-33(41(38)32-17-11-8-13-27(32)26-12-7-10-16-30(26)40-41)22-31(39-5)35-34(23)28-14-6-9-15-29(28)37(35)25-20-18-24(19-21-25)36(2,3)4/h9-28H,1-8H3;6-21H,1-5H3;6-22H,1-5H3. The van der Waals surface area contributed by atoms with Gasteiger partial charge in [0.05, 0.1) is 86.3 Å². The van der Waals surface area contributed by atoms with Gasteiger partial charge in [-0.25, -0.2) is 0 Å². The molecule has 0 N–H and O–H groups in total. The van der Waals surface area contributed by atoms with Crippen LogP contribution in [0.25, 0.3) is 127 Å². The highest BCUT2D eigenvalue weighted by molar-refractivity contribution is 9.10. The largest absolute Gasteiger partial charge is 0.495 e. The first-order valence-electron chi connectivity index (χ1n) is 45.6. The number of fused-ring (bicyclic) bond motifs is 18. The second-order valence-electron chi connectivity index (χ2n) is 39.4. The molecule has 134 heavy (non-hydrogen) atoms. The molecule has 3 unspecified atom stereocenters. The van der Waals surface area contributed by atoms with E-state index in [2.05, 4.69) is 291 Å². The van der Waals surface area contributed by atoms with Crippen LogP contribution in [0.15, 0.2) is 326 Å². The van der Waals surface area contributed by atoms with Gasteiger partial charge in [0.25, 0.3) is 0 Å². The molecule has 0 aliphatic carbocycles. The maximum absolute atomic E-state index is 15.6. The lowest BCUT2D eigenvalue weighted by atomic mass is 9.86. The fourth-order valence-corrected chi connectivity index (χ4v) is 28.0. The van der Waals surface area contributed by atoms with E-state index >= 15 is 13.7 Å². The zero-order chi connectivity index (χ0) is 93.8. The molecule has 6 heterocycles. The highest BCUT2D eigenvalue weighted by Crippen LogP contribution is 2.61. The lowest BCUT2D eigenvalue weighted by Crippen LogP contribution is -2.27. The third-order valence-corrected chi connectivity index (χ3v) is 35.3. The summed E-state index contributed by atoms with van der Waals surface area (Å²) in [6, 6.07) is 110. The first-order chi connectivity index (χ1) is 64.1. The van der Waals surface area contributed by atoms with E-state index in [1.54, 1.807) is 21.3 Å². The molecule has 3 aromatic heterocycles. The SMILES string of the molecule is COc1cc(P2(=O)Oc3ccccc3-c3ccccc32)c(C)c2c3cc(-c4ccc(C(C)(C)C)cc4)ccc3n(-c3ccc(C(C)(C)C)cc3)c12.COc1cc(P2(=O)Oc3ccccc3-c3ccccc32)c(C)c2c3cc(Br)ccc3n(-c3ccc(C(C)(C)C)cc3)c12.COc1cc(P2(=O)Oc3ccccc3-c3ccccc32)c(C)c2c3ccccc3n(-c3ccc(C(C)(C)C)cc3)c12. The summed E-state index contributed by atoms with van der Waals surface area (Å²) in [6.45, 7) is 33.0. The van der Waals surface area contributed by atoms with E-state index < -0.39 is 22.1 Å². The molecule has 0 saturated heterocycles. The molecule has 0 bridgehead atoms. The van der Waals surface area contributed by atoms with Gasteiger partial charge in [0.1, 0.15) is 34.5 Å². The number of para-hydroxylation sites is 4. The maximum Gasteiger partial charge on any atom is 0.307 e. The van der Waals surface area contributed by atoms with Crippen LogP contribution >= 0.6 is 38.0 Å². The van der Waals surface area contributed by atoms with Gasteiger partial charge in [0.2, 0.25) is 0 Å². The molecule has 16 aromatic carbocycles. The van der Waals surface area contributed by atoms with E-state index in [1.165, 1.54) is 22.3 Å². The van der Waals surface area contributed by atoms with Crippen molar-refractivity contribution in [3.8, 4) is 96.1 Å². The van der Waals surface area contributed by atoms with Crippen molar-refractivity contribution < 1.29 is 41.5 Å². The Kier molecular flexibility index (Phi) is 22.0. The first kappa shape index (κ1) is 88.8. The van der Waals surface area contributed by atoms with Gasteiger partial charge >= 0.3 is 22.1 Å². The van der Waals surface area contributed by atoms with E-state index in [4.69, 9.17) is 27.8 Å². The number of methoxy groups -OCH3 is 3. The van der Waals surface area contributed by atoms with Crippen molar-refractivity contribution in [2.75, 3.05) is 21.3 Å². The molecule has 12 nitrogen and oxygen atoms in total. The maximum atomic E-state index is 15.6. The molecule has 0 spiro atoms. The van der Waals surface area contributed by atoms with E-state index in [1.807, 2.05) is 164 Å². The van der Waals surface area contributed by atoms with Crippen LogP contribution in [0.2, 0.25) is 0 Å². The monoisotopic (exact) mass is 1880 g/mol. The Morgan fingerprint density at radius 1 is 0.269 bits per heavy atom. The van der Waals surface area contributed by atoms with Gasteiger partial charge in [-0.15, -0.1) is 0 Å². The van der Waals surface area contributed by atoms with Crippen LogP contribution in [-0.2, 0) is 35.4 Å². The van der Waals surface area contributed by atoms with Gasteiger partial charge in [-0.3, -0.25) is 13.7 Å². The summed E-state index contributed by atoms with van der Waals surface area (Å²) >= 11 is 3.70. The summed E-state index contributed by atoms with van der Waals surface area (Å²) in [5.74, 6) is 3.84. The minimum atomic E-state index is -3.62. The minimum Gasteiger partial charge on any atom is -0.495 e. The second kappa shape index (κ2) is 33.2. The number of aryl methyl sites for hydroxylation is 3. The predicted molar refractivity (Wildman–Crippen MR) is 562 cm³/mol. The van der Waals surface area contributed by atoms with Crippen LogP contribution in [0.3, 0.4) is 0 Å². The summed E-state index contributed by atoms with van der Waals surface area (Å²) in [4.78, 5) is 0. The fourth-order valence-electron chi connectivity index (χ4n) is 20.1. The number of aromatic nitrogens is 3. The molecule has 3 atom stereocenters. The number of ether oxygens (including phenoxy) is 3. The highest BCUT2D eigenvalue weighted by atomic mass is 79.9. The molecule has 19 aromatic rings. The lowest BCUT2D eigenvalue weighted by molar-refractivity contribution is 0.418. The predicted octanol–water partition coefficient (Wildman–Crippen LogP) is 29.8. The molecule has 3 aliphatic heterocycles. The normalized spacial score (nSPS) is 16.1. The van der Waals surface area contributed by atoms with Crippen molar-refractivity contribution in [1.29, 1.82) is 0 Å². The quantitative estimate of drug-likeness (QED) is 0.123. The minimum absolute atomic E-state index is 0.0288. The van der Waals surface area contributed by atoms with Crippen molar-refractivity contribution in [1.82, 2.24) is 13.7 Å². The number of benzene rings is 16. The molecule has 0 fully saturated rings. The van der Waals surface area contributed by atoms with E-state index in [0.717, 1.165) is 148 Å². The zero-order valence-corrected chi connectivity index (χ0v) is 83.1. The molecule has 0 amide bonds. The lowest BCUT2D eigenvalue weighted by Gasteiger charge is -2.30. The fraction of sp³-hybridized carbons (Fsp3) is 0.186. The Balaban J connectivity index is 0.000000126. The van der Waals surface area contributed by atoms with Crippen LogP contribution in [-0.4, -0.2) is 35.0 Å². The van der Waals surface area contributed by atoms with E-state index in [9.17, 15) is 0 Å². The van der Waals surface area contributed by atoms with Gasteiger partial charge in [-0.2, -0.15) is 0 Å². The van der Waals surface area contributed by atoms with E-state index in [-0.39, 0.29) is 21.7 Å². The summed E-state index contributed by atoms with van der Waals surface area (Å²) in [5.41, 5.74) is 25.1. The summed E-state index contributed by atoms with van der Waals surface area (Å²) in [7, 11) is -5.64. The van der Waals surface area contributed by atoms with Crippen molar-refractivity contribution in [3.05, 3.63) is 365 Å². The number of rotatable bonds is 10. The Hall–Kier alpha value is -13.1. The van der Waals surface area contributed by atoms with Crippen molar-refractivity contribution in [2.24, 2.45) is 0 Å². The molecule has 0 radical (unpaired) electrons.